The molecule has 25 heavy (non-hydrogen) atoms. The lowest BCUT2D eigenvalue weighted by molar-refractivity contribution is 0.415. The summed E-state index contributed by atoms with van der Waals surface area (Å²) in [6.07, 6.45) is 1.68. The van der Waals surface area contributed by atoms with Crippen LogP contribution in [0.5, 0.6) is 5.75 Å². The van der Waals surface area contributed by atoms with Crippen LogP contribution in [0.4, 0.5) is 17.5 Å². The van der Waals surface area contributed by atoms with Crippen LogP contribution in [0, 0.1) is 0 Å². The molecule has 0 aliphatic rings. The molecule has 0 amide bonds. The number of anilines is 3. The number of hydrogen-bond acceptors (Lipinski definition) is 5. The predicted octanol–water partition coefficient (Wildman–Crippen LogP) is 5.15. The third-order valence-electron chi connectivity index (χ3n) is 3.48. The van der Waals surface area contributed by atoms with Crippen molar-refractivity contribution in [2.45, 2.75) is 6.54 Å². The Bertz CT molecular complexity index is 873. The standard InChI is InChI=1S/C18H16Cl2N4O/c1-25-16-7-6-13(10-15(16)20)23-18-21-9-8-17(24-18)22-11-12-4-2-3-5-14(12)19/h2-10H,11H2,1H3,(H2,21,22,23,24). The summed E-state index contributed by atoms with van der Waals surface area (Å²) in [5, 5.41) is 7.59. The molecule has 3 rings (SSSR count). The number of nitrogens with one attached hydrogen (secondary N) is 2. The topological polar surface area (TPSA) is 59.1 Å². The van der Waals surface area contributed by atoms with E-state index in [9.17, 15) is 0 Å². The summed E-state index contributed by atoms with van der Waals surface area (Å²) >= 11 is 12.3. The molecule has 0 fully saturated rings. The van der Waals surface area contributed by atoms with Crippen LogP contribution in [0.15, 0.2) is 54.7 Å². The van der Waals surface area contributed by atoms with Crippen molar-refractivity contribution < 1.29 is 4.74 Å². The lowest BCUT2D eigenvalue weighted by atomic mass is 10.2. The number of aromatic nitrogens is 2. The van der Waals surface area contributed by atoms with Gasteiger partial charge in [0.15, 0.2) is 0 Å². The molecule has 0 aliphatic heterocycles. The monoisotopic (exact) mass is 374 g/mol. The molecule has 1 heterocycles. The molecule has 7 heteroatoms. The van der Waals surface area contributed by atoms with E-state index in [0.717, 1.165) is 16.3 Å². The van der Waals surface area contributed by atoms with Crippen molar-refractivity contribution in [2.75, 3.05) is 17.7 Å². The Hall–Kier alpha value is -2.50. The third kappa shape index (κ3) is 4.53. The molecule has 0 spiro atoms. The zero-order valence-electron chi connectivity index (χ0n) is 13.5. The van der Waals surface area contributed by atoms with Gasteiger partial charge in [-0.1, -0.05) is 41.4 Å². The number of halogens is 2. The zero-order valence-corrected chi connectivity index (χ0v) is 15.0. The summed E-state index contributed by atoms with van der Waals surface area (Å²) < 4.78 is 5.14. The number of nitrogens with zero attached hydrogens (tertiary/aromatic N) is 2. The summed E-state index contributed by atoms with van der Waals surface area (Å²) in [7, 11) is 1.57. The minimum atomic E-state index is 0.463. The molecule has 0 atom stereocenters. The number of ether oxygens (including phenoxy) is 1. The fraction of sp³-hybridized carbons (Fsp3) is 0.111. The van der Waals surface area contributed by atoms with Crippen LogP contribution in [0.2, 0.25) is 10.0 Å². The number of hydrogen-bond donors (Lipinski definition) is 2. The number of methoxy groups -OCH3 is 1. The van der Waals surface area contributed by atoms with Gasteiger partial charge in [-0.15, -0.1) is 0 Å². The Morgan fingerprint density at radius 1 is 1.04 bits per heavy atom. The van der Waals surface area contributed by atoms with Crippen molar-refractivity contribution >= 4 is 40.7 Å². The molecule has 0 saturated heterocycles. The second-order valence-corrected chi connectivity index (χ2v) is 6.00. The van der Waals surface area contributed by atoms with E-state index < -0.39 is 0 Å². The van der Waals surface area contributed by atoms with Gasteiger partial charge in [0.2, 0.25) is 5.95 Å². The minimum Gasteiger partial charge on any atom is -0.495 e. The zero-order chi connectivity index (χ0) is 17.6. The number of rotatable bonds is 6. The normalized spacial score (nSPS) is 10.4. The molecule has 3 aromatic rings. The lowest BCUT2D eigenvalue weighted by Gasteiger charge is -2.10. The highest BCUT2D eigenvalue weighted by Crippen LogP contribution is 2.28. The van der Waals surface area contributed by atoms with Gasteiger partial charge in [-0.2, -0.15) is 4.98 Å². The molecule has 2 N–H and O–H groups in total. The molecule has 1 aromatic heterocycles. The van der Waals surface area contributed by atoms with Gasteiger partial charge in [-0.3, -0.25) is 0 Å². The van der Waals surface area contributed by atoms with E-state index in [0.29, 0.717) is 29.1 Å². The first-order chi connectivity index (χ1) is 12.2. The fourth-order valence-electron chi connectivity index (χ4n) is 2.22. The summed E-state index contributed by atoms with van der Waals surface area (Å²) in [5.74, 6) is 1.77. The molecule has 0 unspecified atom stereocenters. The predicted molar refractivity (Wildman–Crippen MR) is 102 cm³/mol. The maximum absolute atomic E-state index is 6.16. The highest BCUT2D eigenvalue weighted by atomic mass is 35.5. The van der Waals surface area contributed by atoms with Crippen LogP contribution in [0.3, 0.4) is 0 Å². The molecule has 2 aromatic carbocycles. The SMILES string of the molecule is COc1ccc(Nc2nccc(NCc3ccccc3Cl)n2)cc1Cl. The average Bonchev–Trinajstić information content (AvgIpc) is 2.62. The van der Waals surface area contributed by atoms with Crippen molar-refractivity contribution in [1.82, 2.24) is 9.97 Å². The van der Waals surface area contributed by atoms with E-state index in [2.05, 4.69) is 20.6 Å². The summed E-state index contributed by atoms with van der Waals surface area (Å²) in [5.41, 5.74) is 1.77. The smallest absolute Gasteiger partial charge is 0.229 e. The van der Waals surface area contributed by atoms with Crippen molar-refractivity contribution in [3.63, 3.8) is 0 Å². The highest BCUT2D eigenvalue weighted by molar-refractivity contribution is 6.32. The summed E-state index contributed by atoms with van der Waals surface area (Å²) in [6, 6.07) is 14.9. The molecule has 0 saturated carbocycles. The van der Waals surface area contributed by atoms with Gasteiger partial charge in [-0.05, 0) is 35.9 Å². The van der Waals surface area contributed by atoms with Crippen LogP contribution in [-0.2, 0) is 6.54 Å². The molecule has 128 valence electrons. The van der Waals surface area contributed by atoms with Gasteiger partial charge in [0.1, 0.15) is 11.6 Å². The highest BCUT2D eigenvalue weighted by Gasteiger charge is 2.05. The first-order valence-corrected chi connectivity index (χ1v) is 8.32. The van der Waals surface area contributed by atoms with Crippen molar-refractivity contribution in [3.8, 4) is 5.75 Å². The Labute approximate surface area is 156 Å². The average molecular weight is 375 g/mol. The largest absolute Gasteiger partial charge is 0.495 e. The van der Waals surface area contributed by atoms with E-state index in [1.807, 2.05) is 30.3 Å². The second-order valence-electron chi connectivity index (χ2n) is 5.18. The quantitative estimate of drug-likeness (QED) is 0.624. The maximum Gasteiger partial charge on any atom is 0.229 e. The Morgan fingerprint density at radius 2 is 1.88 bits per heavy atom. The molecular weight excluding hydrogens is 359 g/mol. The van der Waals surface area contributed by atoms with Gasteiger partial charge < -0.3 is 15.4 Å². The van der Waals surface area contributed by atoms with E-state index in [-0.39, 0.29) is 0 Å². The van der Waals surface area contributed by atoms with E-state index in [1.54, 1.807) is 31.5 Å². The van der Waals surface area contributed by atoms with E-state index in [4.69, 9.17) is 27.9 Å². The maximum atomic E-state index is 6.16. The summed E-state index contributed by atoms with van der Waals surface area (Å²) in [4.78, 5) is 8.65. The lowest BCUT2D eigenvalue weighted by Crippen LogP contribution is -2.04. The molecule has 0 radical (unpaired) electrons. The Balaban J connectivity index is 1.69. The molecule has 0 bridgehead atoms. The second kappa shape index (κ2) is 8.05. The Kier molecular flexibility index (Phi) is 5.58. The first-order valence-electron chi connectivity index (χ1n) is 7.56. The van der Waals surface area contributed by atoms with Crippen molar-refractivity contribution in [2.24, 2.45) is 0 Å². The van der Waals surface area contributed by atoms with Gasteiger partial charge in [-0.25, -0.2) is 4.98 Å². The van der Waals surface area contributed by atoms with Crippen molar-refractivity contribution in [1.29, 1.82) is 0 Å². The van der Waals surface area contributed by atoms with Crippen molar-refractivity contribution in [3.05, 3.63) is 70.3 Å². The molecule has 0 aliphatic carbocycles. The molecular formula is C18H16Cl2N4O. The molecule has 5 nitrogen and oxygen atoms in total. The van der Waals surface area contributed by atoms with Gasteiger partial charge in [0.05, 0.1) is 12.1 Å². The minimum absolute atomic E-state index is 0.463. The van der Waals surface area contributed by atoms with Gasteiger partial charge in [0, 0.05) is 23.5 Å². The Morgan fingerprint density at radius 3 is 2.64 bits per heavy atom. The van der Waals surface area contributed by atoms with Gasteiger partial charge in [0.25, 0.3) is 0 Å². The van der Waals surface area contributed by atoms with E-state index in [1.165, 1.54) is 0 Å². The van der Waals surface area contributed by atoms with Crippen LogP contribution in [-0.4, -0.2) is 17.1 Å². The van der Waals surface area contributed by atoms with E-state index >= 15 is 0 Å². The van der Waals surface area contributed by atoms with Crippen LogP contribution in [0.25, 0.3) is 0 Å². The van der Waals surface area contributed by atoms with Crippen LogP contribution < -0.4 is 15.4 Å². The number of benzene rings is 2. The fourth-order valence-corrected chi connectivity index (χ4v) is 2.68. The van der Waals surface area contributed by atoms with Gasteiger partial charge >= 0.3 is 0 Å². The first kappa shape index (κ1) is 17.3. The third-order valence-corrected chi connectivity index (χ3v) is 4.15. The van der Waals surface area contributed by atoms with Crippen LogP contribution in [0.1, 0.15) is 5.56 Å². The van der Waals surface area contributed by atoms with Crippen LogP contribution >= 0.6 is 23.2 Å². The summed E-state index contributed by atoms with van der Waals surface area (Å²) in [6.45, 7) is 0.574.